The molecule has 0 aromatic heterocycles. The average molecular weight is 311 g/mol. The van der Waals surface area contributed by atoms with Crippen LogP contribution in [0.4, 0.5) is 11.4 Å². The molecule has 1 aliphatic heterocycles. The Morgan fingerprint density at radius 3 is 2.35 bits per heavy atom. The number of nitro benzene ring substituents is 1. The first-order chi connectivity index (χ1) is 10.9. The molecule has 2 amide bonds. The van der Waals surface area contributed by atoms with Crippen LogP contribution in [0.25, 0.3) is 0 Å². The number of nitrogens with zero attached hydrogens (tertiary/aromatic N) is 2. The van der Waals surface area contributed by atoms with Crippen molar-refractivity contribution in [1.82, 2.24) is 0 Å². The SMILES string of the molecule is O=C([O-])c1cccc(N2C(=O)c3ccc([N+](=O)[O-])cc3C2=O)c1. The minimum atomic E-state index is -1.45. The van der Waals surface area contributed by atoms with Gasteiger partial charge in [0.05, 0.1) is 27.7 Å². The van der Waals surface area contributed by atoms with Crippen molar-refractivity contribution in [2.45, 2.75) is 0 Å². The Kier molecular flexibility index (Phi) is 3.14. The van der Waals surface area contributed by atoms with Crippen LogP contribution in [-0.4, -0.2) is 22.7 Å². The molecule has 23 heavy (non-hydrogen) atoms. The van der Waals surface area contributed by atoms with E-state index in [1.54, 1.807) is 0 Å². The fourth-order valence-corrected chi connectivity index (χ4v) is 2.35. The highest BCUT2D eigenvalue weighted by atomic mass is 16.6. The second kappa shape index (κ2) is 5.02. The fourth-order valence-electron chi connectivity index (χ4n) is 2.35. The number of hydrogen-bond acceptors (Lipinski definition) is 6. The van der Waals surface area contributed by atoms with Gasteiger partial charge in [0, 0.05) is 12.1 Å². The Bertz CT molecular complexity index is 889. The number of imide groups is 1. The predicted octanol–water partition coefficient (Wildman–Crippen LogP) is 0.759. The Balaban J connectivity index is 2.08. The van der Waals surface area contributed by atoms with Gasteiger partial charge < -0.3 is 9.90 Å². The summed E-state index contributed by atoms with van der Waals surface area (Å²) in [5.41, 5.74) is -0.511. The van der Waals surface area contributed by atoms with E-state index in [2.05, 4.69) is 0 Å². The summed E-state index contributed by atoms with van der Waals surface area (Å²) < 4.78 is 0. The Morgan fingerprint density at radius 1 is 1.00 bits per heavy atom. The Labute approximate surface area is 128 Å². The number of fused-ring (bicyclic) bond motifs is 1. The molecule has 8 heteroatoms. The van der Waals surface area contributed by atoms with E-state index in [0.717, 1.165) is 23.1 Å². The standard InChI is InChI=1S/C15H8N2O6/c18-13-11-5-4-10(17(22)23)7-12(11)14(19)16(13)9-3-1-2-8(6-9)15(20)21/h1-7H,(H,20,21)/p-1. The summed E-state index contributed by atoms with van der Waals surface area (Å²) in [6.45, 7) is 0. The molecule has 0 fully saturated rings. The van der Waals surface area contributed by atoms with Crippen molar-refractivity contribution in [3.05, 3.63) is 69.3 Å². The van der Waals surface area contributed by atoms with E-state index in [9.17, 15) is 29.6 Å². The van der Waals surface area contributed by atoms with Crippen LogP contribution in [0.3, 0.4) is 0 Å². The number of carbonyl (C=O) groups excluding carboxylic acids is 3. The third-order valence-corrected chi connectivity index (χ3v) is 3.42. The maximum absolute atomic E-state index is 12.4. The number of non-ortho nitro benzene ring substituents is 1. The van der Waals surface area contributed by atoms with Gasteiger partial charge >= 0.3 is 0 Å². The zero-order valence-electron chi connectivity index (χ0n) is 11.4. The molecule has 0 aliphatic carbocycles. The van der Waals surface area contributed by atoms with Gasteiger partial charge in [-0.3, -0.25) is 19.7 Å². The monoisotopic (exact) mass is 311 g/mol. The molecule has 2 aromatic rings. The van der Waals surface area contributed by atoms with Crippen molar-refractivity contribution >= 4 is 29.2 Å². The molecule has 0 saturated carbocycles. The van der Waals surface area contributed by atoms with E-state index in [0.29, 0.717) is 0 Å². The van der Waals surface area contributed by atoms with Crippen LogP contribution < -0.4 is 10.0 Å². The van der Waals surface area contributed by atoms with Crippen molar-refractivity contribution < 1.29 is 24.4 Å². The molecule has 8 nitrogen and oxygen atoms in total. The van der Waals surface area contributed by atoms with Gasteiger partial charge in [0.2, 0.25) is 0 Å². The van der Waals surface area contributed by atoms with Crippen LogP contribution >= 0.6 is 0 Å². The average Bonchev–Trinajstić information content (AvgIpc) is 2.78. The van der Waals surface area contributed by atoms with Crippen LogP contribution in [0.1, 0.15) is 31.1 Å². The summed E-state index contributed by atoms with van der Waals surface area (Å²) in [4.78, 5) is 46.5. The summed E-state index contributed by atoms with van der Waals surface area (Å²) in [6, 6.07) is 8.52. The number of carbonyl (C=O) groups is 3. The number of hydrogen-bond donors (Lipinski definition) is 0. The highest BCUT2D eigenvalue weighted by Crippen LogP contribution is 2.31. The second-order valence-electron chi connectivity index (χ2n) is 4.77. The van der Waals surface area contributed by atoms with Crippen molar-refractivity contribution in [2.24, 2.45) is 0 Å². The minimum Gasteiger partial charge on any atom is -0.545 e. The maximum Gasteiger partial charge on any atom is 0.270 e. The topological polar surface area (TPSA) is 121 Å². The van der Waals surface area contributed by atoms with E-state index >= 15 is 0 Å². The lowest BCUT2D eigenvalue weighted by Crippen LogP contribution is -2.30. The largest absolute Gasteiger partial charge is 0.545 e. The van der Waals surface area contributed by atoms with Gasteiger partial charge in [-0.25, -0.2) is 4.90 Å². The molecule has 0 bridgehead atoms. The molecule has 0 spiro atoms. The molecular formula is C15H7N2O6-. The fraction of sp³-hybridized carbons (Fsp3) is 0. The lowest BCUT2D eigenvalue weighted by Gasteiger charge is -2.15. The molecule has 0 N–H and O–H groups in total. The number of benzene rings is 2. The van der Waals surface area contributed by atoms with Gasteiger partial charge in [-0.1, -0.05) is 12.1 Å². The zero-order chi connectivity index (χ0) is 16.7. The summed E-state index contributed by atoms with van der Waals surface area (Å²) in [7, 11) is 0. The number of carboxylic acids is 1. The number of nitro groups is 1. The number of carboxylic acid groups (broad SMARTS) is 1. The van der Waals surface area contributed by atoms with Gasteiger partial charge in [-0.05, 0) is 23.8 Å². The molecule has 1 aliphatic rings. The lowest BCUT2D eigenvalue weighted by molar-refractivity contribution is -0.384. The summed E-state index contributed by atoms with van der Waals surface area (Å²) in [5, 5.41) is 21.7. The molecule has 0 atom stereocenters. The molecule has 1 heterocycles. The quantitative estimate of drug-likeness (QED) is 0.468. The Hall–Kier alpha value is -3.55. The minimum absolute atomic E-state index is 0.0273. The van der Waals surface area contributed by atoms with Crippen LogP contribution in [0, 0.1) is 10.1 Å². The second-order valence-corrected chi connectivity index (χ2v) is 4.77. The highest BCUT2D eigenvalue weighted by Gasteiger charge is 2.37. The van der Waals surface area contributed by atoms with Gasteiger partial charge in [0.1, 0.15) is 0 Å². The first-order valence-electron chi connectivity index (χ1n) is 6.39. The first-order valence-corrected chi connectivity index (χ1v) is 6.39. The lowest BCUT2D eigenvalue weighted by atomic mass is 10.1. The zero-order valence-corrected chi connectivity index (χ0v) is 11.4. The number of rotatable bonds is 3. The number of amides is 2. The maximum atomic E-state index is 12.4. The first kappa shape index (κ1) is 14.4. The van der Waals surface area contributed by atoms with Crippen LogP contribution in [0.2, 0.25) is 0 Å². The van der Waals surface area contributed by atoms with E-state index in [1.165, 1.54) is 24.3 Å². The van der Waals surface area contributed by atoms with Crippen molar-refractivity contribution in [1.29, 1.82) is 0 Å². The van der Waals surface area contributed by atoms with Crippen LogP contribution in [0.5, 0.6) is 0 Å². The van der Waals surface area contributed by atoms with Gasteiger partial charge in [0.25, 0.3) is 17.5 Å². The summed E-state index contributed by atoms with van der Waals surface area (Å²) in [6.07, 6.45) is 0. The summed E-state index contributed by atoms with van der Waals surface area (Å²) >= 11 is 0. The molecule has 0 unspecified atom stereocenters. The third-order valence-electron chi connectivity index (χ3n) is 3.42. The molecule has 114 valence electrons. The predicted molar refractivity (Wildman–Crippen MR) is 75.0 cm³/mol. The third kappa shape index (κ3) is 2.22. The highest BCUT2D eigenvalue weighted by molar-refractivity contribution is 6.34. The van der Waals surface area contributed by atoms with Crippen molar-refractivity contribution in [3.63, 3.8) is 0 Å². The molecule has 0 saturated heterocycles. The number of anilines is 1. The summed E-state index contributed by atoms with van der Waals surface area (Å²) in [5.74, 6) is -2.86. The van der Waals surface area contributed by atoms with E-state index in [4.69, 9.17) is 0 Å². The molecular weight excluding hydrogens is 304 g/mol. The smallest absolute Gasteiger partial charge is 0.270 e. The molecule has 3 rings (SSSR count). The van der Waals surface area contributed by atoms with E-state index in [1.807, 2.05) is 0 Å². The van der Waals surface area contributed by atoms with Crippen LogP contribution in [0.15, 0.2) is 42.5 Å². The molecule has 0 radical (unpaired) electrons. The van der Waals surface area contributed by atoms with Crippen molar-refractivity contribution in [3.8, 4) is 0 Å². The van der Waals surface area contributed by atoms with Gasteiger partial charge in [-0.15, -0.1) is 0 Å². The van der Waals surface area contributed by atoms with Gasteiger partial charge in [0.15, 0.2) is 0 Å². The van der Waals surface area contributed by atoms with Crippen LogP contribution in [-0.2, 0) is 0 Å². The number of aromatic carboxylic acids is 1. The van der Waals surface area contributed by atoms with E-state index in [-0.39, 0.29) is 28.1 Å². The van der Waals surface area contributed by atoms with E-state index < -0.39 is 22.7 Å². The normalized spacial score (nSPS) is 13.1. The Morgan fingerprint density at radius 2 is 1.70 bits per heavy atom. The van der Waals surface area contributed by atoms with Gasteiger partial charge in [-0.2, -0.15) is 0 Å². The van der Waals surface area contributed by atoms with Crippen molar-refractivity contribution in [2.75, 3.05) is 4.90 Å². The molecule has 2 aromatic carbocycles.